The standard InChI is InChI=1S/C25H30FN3O/c26-23-8-4-7-21(17-23)19-28-13-9-22(10-14-28)25(30)27-24-11-15-29(16-12-24)18-20-5-2-1-3-6-20/h1-9,17,24H,10-16,18-19H2,(H,27,30). The molecule has 0 spiro atoms. The molecule has 0 atom stereocenters. The fraction of sp³-hybridized carbons (Fsp3) is 0.400. The van der Waals surface area contributed by atoms with Crippen LogP contribution in [0.3, 0.4) is 0 Å². The predicted molar refractivity (Wildman–Crippen MR) is 117 cm³/mol. The highest BCUT2D eigenvalue weighted by molar-refractivity contribution is 5.93. The largest absolute Gasteiger partial charge is 0.349 e. The Morgan fingerprint density at radius 3 is 2.37 bits per heavy atom. The summed E-state index contributed by atoms with van der Waals surface area (Å²) in [5.74, 6) is -0.114. The molecule has 1 N–H and O–H groups in total. The number of hydrogen-bond acceptors (Lipinski definition) is 3. The normalized spacial score (nSPS) is 18.8. The summed E-state index contributed by atoms with van der Waals surface area (Å²) < 4.78 is 13.4. The van der Waals surface area contributed by atoms with E-state index in [0.717, 1.165) is 63.1 Å². The molecule has 0 saturated carbocycles. The number of hydrogen-bond donors (Lipinski definition) is 1. The molecule has 158 valence electrons. The van der Waals surface area contributed by atoms with Gasteiger partial charge in [0.05, 0.1) is 0 Å². The predicted octanol–water partition coefficient (Wildman–Crippen LogP) is 3.74. The number of nitrogens with one attached hydrogen (secondary N) is 1. The second-order valence-electron chi connectivity index (χ2n) is 8.35. The molecule has 0 radical (unpaired) electrons. The number of likely N-dealkylation sites (tertiary alicyclic amines) is 1. The van der Waals surface area contributed by atoms with Crippen LogP contribution in [0.15, 0.2) is 66.2 Å². The van der Waals surface area contributed by atoms with Gasteiger partial charge in [0, 0.05) is 50.9 Å². The quantitative estimate of drug-likeness (QED) is 0.792. The molecule has 2 aromatic rings. The molecular weight excluding hydrogens is 377 g/mol. The zero-order valence-electron chi connectivity index (χ0n) is 17.4. The number of rotatable bonds is 6. The zero-order chi connectivity index (χ0) is 20.8. The van der Waals surface area contributed by atoms with Crippen LogP contribution in [0.25, 0.3) is 0 Å². The average Bonchev–Trinajstić information content (AvgIpc) is 2.76. The van der Waals surface area contributed by atoms with Crippen LogP contribution >= 0.6 is 0 Å². The Hall–Kier alpha value is -2.50. The molecular formula is C25H30FN3O. The fourth-order valence-electron chi connectivity index (χ4n) is 4.31. The molecule has 1 fully saturated rings. The topological polar surface area (TPSA) is 35.6 Å². The lowest BCUT2D eigenvalue weighted by Crippen LogP contribution is -2.45. The summed E-state index contributed by atoms with van der Waals surface area (Å²) in [6, 6.07) is 17.5. The van der Waals surface area contributed by atoms with E-state index < -0.39 is 0 Å². The maximum Gasteiger partial charge on any atom is 0.247 e. The highest BCUT2D eigenvalue weighted by atomic mass is 19.1. The zero-order valence-corrected chi connectivity index (χ0v) is 17.4. The Labute approximate surface area is 178 Å². The number of carbonyl (C=O) groups excluding carboxylic acids is 1. The van der Waals surface area contributed by atoms with Gasteiger partial charge in [-0.1, -0.05) is 48.5 Å². The van der Waals surface area contributed by atoms with Crippen molar-refractivity contribution in [2.45, 2.75) is 38.4 Å². The van der Waals surface area contributed by atoms with Crippen LogP contribution in [0, 0.1) is 5.82 Å². The van der Waals surface area contributed by atoms with E-state index in [0.29, 0.717) is 6.54 Å². The number of carbonyl (C=O) groups is 1. The van der Waals surface area contributed by atoms with Gasteiger partial charge in [-0.15, -0.1) is 0 Å². The molecule has 1 amide bonds. The van der Waals surface area contributed by atoms with E-state index in [1.165, 1.54) is 11.6 Å². The van der Waals surface area contributed by atoms with Gasteiger partial charge in [-0.05, 0) is 42.5 Å². The van der Waals surface area contributed by atoms with Gasteiger partial charge >= 0.3 is 0 Å². The van der Waals surface area contributed by atoms with E-state index in [-0.39, 0.29) is 17.8 Å². The van der Waals surface area contributed by atoms with Gasteiger partial charge in [-0.25, -0.2) is 4.39 Å². The molecule has 4 rings (SSSR count). The van der Waals surface area contributed by atoms with Crippen molar-refractivity contribution >= 4 is 5.91 Å². The van der Waals surface area contributed by atoms with E-state index >= 15 is 0 Å². The Balaban J connectivity index is 1.21. The average molecular weight is 408 g/mol. The van der Waals surface area contributed by atoms with Crippen molar-refractivity contribution in [3.8, 4) is 0 Å². The molecule has 0 aromatic heterocycles. The minimum atomic E-state index is -0.199. The van der Waals surface area contributed by atoms with Crippen molar-refractivity contribution in [3.63, 3.8) is 0 Å². The smallest absolute Gasteiger partial charge is 0.247 e. The lowest BCUT2D eigenvalue weighted by atomic mass is 10.0. The molecule has 2 aliphatic rings. The number of halogens is 1. The molecule has 30 heavy (non-hydrogen) atoms. The van der Waals surface area contributed by atoms with Gasteiger partial charge < -0.3 is 5.32 Å². The fourth-order valence-corrected chi connectivity index (χ4v) is 4.31. The lowest BCUT2D eigenvalue weighted by Gasteiger charge is -2.33. The van der Waals surface area contributed by atoms with Crippen molar-refractivity contribution in [2.24, 2.45) is 0 Å². The third-order valence-corrected chi connectivity index (χ3v) is 6.05. The van der Waals surface area contributed by atoms with Gasteiger partial charge in [0.2, 0.25) is 5.91 Å². The first-order chi connectivity index (χ1) is 14.7. The third kappa shape index (κ3) is 5.77. The highest BCUT2D eigenvalue weighted by Crippen LogP contribution is 2.17. The van der Waals surface area contributed by atoms with Crippen molar-refractivity contribution in [2.75, 3.05) is 26.2 Å². The van der Waals surface area contributed by atoms with Crippen LogP contribution in [0.1, 0.15) is 30.4 Å². The van der Waals surface area contributed by atoms with Crippen LogP contribution < -0.4 is 5.32 Å². The first kappa shape index (κ1) is 20.8. The van der Waals surface area contributed by atoms with Gasteiger partial charge in [-0.3, -0.25) is 14.6 Å². The number of benzene rings is 2. The molecule has 5 heteroatoms. The summed E-state index contributed by atoms with van der Waals surface area (Å²) in [5, 5.41) is 3.24. The van der Waals surface area contributed by atoms with Crippen LogP contribution in [0.4, 0.5) is 4.39 Å². The molecule has 2 aliphatic heterocycles. The van der Waals surface area contributed by atoms with Crippen LogP contribution in [-0.2, 0) is 17.9 Å². The highest BCUT2D eigenvalue weighted by Gasteiger charge is 2.23. The summed E-state index contributed by atoms with van der Waals surface area (Å²) in [6.45, 7) is 5.28. The SMILES string of the molecule is O=C(NC1CCN(Cc2ccccc2)CC1)C1=CCN(Cc2cccc(F)c2)CC1. The minimum absolute atomic E-state index is 0.0851. The maximum absolute atomic E-state index is 13.4. The molecule has 0 unspecified atom stereocenters. The summed E-state index contributed by atoms with van der Waals surface area (Å²) in [7, 11) is 0. The molecule has 2 aromatic carbocycles. The lowest BCUT2D eigenvalue weighted by molar-refractivity contribution is -0.118. The van der Waals surface area contributed by atoms with Gasteiger partial charge in [0.1, 0.15) is 5.82 Å². The second-order valence-corrected chi connectivity index (χ2v) is 8.35. The molecule has 4 nitrogen and oxygen atoms in total. The molecule has 0 bridgehead atoms. The summed E-state index contributed by atoms with van der Waals surface area (Å²) in [6.07, 6.45) is 4.77. The van der Waals surface area contributed by atoms with Crippen molar-refractivity contribution < 1.29 is 9.18 Å². The van der Waals surface area contributed by atoms with E-state index in [4.69, 9.17) is 0 Å². The van der Waals surface area contributed by atoms with E-state index in [1.807, 2.05) is 18.2 Å². The number of nitrogens with zero attached hydrogens (tertiary/aromatic N) is 2. The van der Waals surface area contributed by atoms with Gasteiger partial charge in [-0.2, -0.15) is 0 Å². The molecule has 1 saturated heterocycles. The minimum Gasteiger partial charge on any atom is -0.349 e. The first-order valence-electron chi connectivity index (χ1n) is 10.9. The second kappa shape index (κ2) is 10.0. The van der Waals surface area contributed by atoms with Gasteiger partial charge in [0.25, 0.3) is 0 Å². The van der Waals surface area contributed by atoms with Crippen molar-refractivity contribution in [1.82, 2.24) is 15.1 Å². The number of piperidine rings is 1. The Morgan fingerprint density at radius 2 is 1.67 bits per heavy atom. The Kier molecular flexibility index (Phi) is 6.92. The van der Waals surface area contributed by atoms with Crippen molar-refractivity contribution in [1.29, 1.82) is 0 Å². The molecule has 2 heterocycles. The maximum atomic E-state index is 13.4. The third-order valence-electron chi connectivity index (χ3n) is 6.05. The van der Waals surface area contributed by atoms with E-state index in [9.17, 15) is 9.18 Å². The van der Waals surface area contributed by atoms with E-state index in [2.05, 4.69) is 39.4 Å². The van der Waals surface area contributed by atoms with Crippen LogP contribution in [-0.4, -0.2) is 47.9 Å². The monoisotopic (exact) mass is 407 g/mol. The number of amides is 1. The molecule has 0 aliphatic carbocycles. The summed E-state index contributed by atoms with van der Waals surface area (Å²) in [4.78, 5) is 17.4. The van der Waals surface area contributed by atoms with Crippen molar-refractivity contribution in [3.05, 3.63) is 83.2 Å². The Bertz CT molecular complexity index is 875. The Morgan fingerprint density at radius 1 is 0.933 bits per heavy atom. The first-order valence-corrected chi connectivity index (χ1v) is 10.9. The van der Waals surface area contributed by atoms with E-state index in [1.54, 1.807) is 12.1 Å². The van der Waals surface area contributed by atoms with Crippen LogP contribution in [0.2, 0.25) is 0 Å². The summed E-state index contributed by atoms with van der Waals surface area (Å²) >= 11 is 0. The summed E-state index contributed by atoms with van der Waals surface area (Å²) in [5.41, 5.74) is 3.20. The van der Waals surface area contributed by atoms with Gasteiger partial charge in [0.15, 0.2) is 0 Å². The van der Waals surface area contributed by atoms with Crippen LogP contribution in [0.5, 0.6) is 0 Å².